The monoisotopic (exact) mass is 427 g/mol. The lowest BCUT2D eigenvalue weighted by Gasteiger charge is -2.30. The van der Waals surface area contributed by atoms with Crippen molar-refractivity contribution in [2.24, 2.45) is 5.92 Å². The Kier molecular flexibility index (Phi) is 9.58. The molecule has 2 aromatic heterocycles. The van der Waals surface area contributed by atoms with Gasteiger partial charge in [0.05, 0.1) is 0 Å². The van der Waals surface area contributed by atoms with Crippen molar-refractivity contribution >= 4 is 30.7 Å². The summed E-state index contributed by atoms with van der Waals surface area (Å²) in [4.78, 5) is 36.0. The third-order valence-electron chi connectivity index (χ3n) is 4.93. The summed E-state index contributed by atoms with van der Waals surface area (Å²) in [6, 6.07) is 3.79. The van der Waals surface area contributed by atoms with E-state index in [-0.39, 0.29) is 48.7 Å². The average molecular weight is 428 g/mol. The summed E-state index contributed by atoms with van der Waals surface area (Å²) in [5, 5.41) is 6.37. The fourth-order valence-electron chi connectivity index (χ4n) is 3.24. The molecular weight excluding hydrogens is 401 g/mol. The van der Waals surface area contributed by atoms with Gasteiger partial charge in [0.2, 0.25) is 5.91 Å². The Morgan fingerprint density at radius 3 is 2.79 bits per heavy atom. The highest BCUT2D eigenvalue weighted by molar-refractivity contribution is 5.85. The molecule has 9 heteroatoms. The molecule has 7 nitrogen and oxygen atoms in total. The Hall–Kier alpha value is -1.96. The van der Waals surface area contributed by atoms with Crippen LogP contribution in [0, 0.1) is 12.8 Å². The Balaban J connectivity index is 0.00000196. The van der Waals surface area contributed by atoms with E-state index in [0.29, 0.717) is 29.4 Å². The van der Waals surface area contributed by atoms with Crippen LogP contribution < -0.4 is 16.2 Å². The fourth-order valence-corrected chi connectivity index (χ4v) is 3.24. The van der Waals surface area contributed by atoms with Crippen molar-refractivity contribution in [3.8, 4) is 11.4 Å². The first-order valence-electron chi connectivity index (χ1n) is 9.05. The number of halogens is 2. The molecule has 1 fully saturated rings. The predicted octanol–water partition coefficient (Wildman–Crippen LogP) is 2.03. The molecule has 0 saturated carbocycles. The maximum absolute atomic E-state index is 12.4. The van der Waals surface area contributed by atoms with E-state index >= 15 is 0 Å². The van der Waals surface area contributed by atoms with Crippen LogP contribution in [-0.4, -0.2) is 40.0 Å². The fraction of sp³-hybridized carbons (Fsp3) is 0.474. The second-order valence-corrected chi connectivity index (χ2v) is 6.86. The first-order valence-corrected chi connectivity index (χ1v) is 9.05. The van der Waals surface area contributed by atoms with Crippen molar-refractivity contribution in [2.75, 3.05) is 13.1 Å². The van der Waals surface area contributed by atoms with Gasteiger partial charge in [-0.05, 0) is 44.4 Å². The number of amides is 1. The van der Waals surface area contributed by atoms with Crippen molar-refractivity contribution in [3.05, 3.63) is 46.1 Å². The van der Waals surface area contributed by atoms with Crippen LogP contribution in [0.1, 0.15) is 31.0 Å². The van der Waals surface area contributed by atoms with Crippen molar-refractivity contribution < 1.29 is 4.79 Å². The second kappa shape index (κ2) is 11.1. The van der Waals surface area contributed by atoms with E-state index in [0.717, 1.165) is 25.1 Å². The lowest BCUT2D eigenvalue weighted by atomic mass is 9.94. The Morgan fingerprint density at radius 2 is 2.14 bits per heavy atom. The van der Waals surface area contributed by atoms with Crippen LogP contribution in [-0.2, 0) is 11.2 Å². The number of aryl methyl sites for hydroxylation is 1. The number of nitrogens with one attached hydrogen (secondary N) is 3. The van der Waals surface area contributed by atoms with Crippen LogP contribution in [0.3, 0.4) is 0 Å². The van der Waals surface area contributed by atoms with Gasteiger partial charge in [-0.25, -0.2) is 4.98 Å². The quantitative estimate of drug-likeness (QED) is 0.677. The average Bonchev–Trinajstić information content (AvgIpc) is 2.63. The third-order valence-corrected chi connectivity index (χ3v) is 4.93. The zero-order valence-corrected chi connectivity index (χ0v) is 17.7. The summed E-state index contributed by atoms with van der Waals surface area (Å²) in [5.74, 6) is 0.933. The molecule has 3 rings (SSSR count). The van der Waals surface area contributed by atoms with Gasteiger partial charge in [-0.1, -0.05) is 6.92 Å². The van der Waals surface area contributed by atoms with E-state index in [2.05, 4.69) is 32.5 Å². The van der Waals surface area contributed by atoms with Crippen LogP contribution in [0.2, 0.25) is 0 Å². The molecule has 1 aliphatic heterocycles. The van der Waals surface area contributed by atoms with Gasteiger partial charge in [0, 0.05) is 48.2 Å². The van der Waals surface area contributed by atoms with E-state index in [4.69, 9.17) is 0 Å². The molecule has 0 bridgehead atoms. The predicted molar refractivity (Wildman–Crippen MR) is 114 cm³/mol. The van der Waals surface area contributed by atoms with Gasteiger partial charge in [-0.15, -0.1) is 24.8 Å². The standard InChI is InChI=1S/C19H25N5O2.2ClH/c1-12-7-9-21-11-16(12)23-17(25)6-5-15-13(2)22-18(24-19(15)26)14-4-3-8-20-10-14;;/h3-4,8,10,12,16,21H,5-7,9,11H2,1-2H3,(H,23,25)(H,22,24,26);2*1H. The van der Waals surface area contributed by atoms with E-state index < -0.39 is 0 Å². The summed E-state index contributed by atoms with van der Waals surface area (Å²) < 4.78 is 0. The summed E-state index contributed by atoms with van der Waals surface area (Å²) in [7, 11) is 0. The van der Waals surface area contributed by atoms with Gasteiger partial charge in [0.15, 0.2) is 0 Å². The smallest absolute Gasteiger partial charge is 0.254 e. The molecule has 0 aliphatic carbocycles. The Bertz CT molecular complexity index is 829. The van der Waals surface area contributed by atoms with Gasteiger partial charge >= 0.3 is 0 Å². The lowest BCUT2D eigenvalue weighted by molar-refractivity contribution is -0.122. The summed E-state index contributed by atoms with van der Waals surface area (Å²) in [6.07, 6.45) is 5.04. The Labute approximate surface area is 177 Å². The zero-order chi connectivity index (χ0) is 18.5. The zero-order valence-electron chi connectivity index (χ0n) is 16.0. The highest BCUT2D eigenvalue weighted by Gasteiger charge is 2.22. The van der Waals surface area contributed by atoms with Crippen LogP contribution in [0.25, 0.3) is 11.4 Å². The molecular formula is C19H27Cl2N5O2. The number of aromatic amines is 1. The molecule has 1 aliphatic rings. The largest absolute Gasteiger partial charge is 0.352 e. The SMILES string of the molecule is Cc1nc(-c2cccnc2)[nH]c(=O)c1CCC(=O)NC1CNCCC1C.Cl.Cl. The van der Waals surface area contributed by atoms with Crippen LogP contribution in [0.5, 0.6) is 0 Å². The molecule has 2 aromatic rings. The minimum absolute atomic E-state index is 0. The van der Waals surface area contributed by atoms with Crippen molar-refractivity contribution in [1.82, 2.24) is 25.6 Å². The van der Waals surface area contributed by atoms with Crippen molar-refractivity contribution in [2.45, 2.75) is 39.2 Å². The molecule has 1 amide bonds. The number of pyridine rings is 1. The molecule has 0 radical (unpaired) electrons. The molecule has 28 heavy (non-hydrogen) atoms. The molecule has 154 valence electrons. The van der Waals surface area contributed by atoms with Gasteiger partial charge in [0.25, 0.3) is 5.56 Å². The van der Waals surface area contributed by atoms with E-state index in [1.165, 1.54) is 0 Å². The van der Waals surface area contributed by atoms with Crippen LogP contribution in [0.4, 0.5) is 0 Å². The van der Waals surface area contributed by atoms with Crippen LogP contribution in [0.15, 0.2) is 29.3 Å². The van der Waals surface area contributed by atoms with E-state index in [9.17, 15) is 9.59 Å². The van der Waals surface area contributed by atoms with Gasteiger partial charge < -0.3 is 15.6 Å². The lowest BCUT2D eigenvalue weighted by Crippen LogP contribution is -2.50. The number of nitrogens with zero attached hydrogens (tertiary/aromatic N) is 2. The molecule has 0 aromatic carbocycles. The number of H-pyrrole nitrogens is 1. The molecule has 3 heterocycles. The number of rotatable bonds is 5. The van der Waals surface area contributed by atoms with Gasteiger partial charge in [-0.2, -0.15) is 0 Å². The molecule has 3 N–H and O–H groups in total. The van der Waals surface area contributed by atoms with Gasteiger partial charge in [0.1, 0.15) is 5.82 Å². The molecule has 1 saturated heterocycles. The van der Waals surface area contributed by atoms with E-state index in [1.807, 2.05) is 6.07 Å². The first-order chi connectivity index (χ1) is 12.5. The maximum Gasteiger partial charge on any atom is 0.254 e. The summed E-state index contributed by atoms with van der Waals surface area (Å²) >= 11 is 0. The van der Waals surface area contributed by atoms with Crippen LogP contribution >= 0.6 is 24.8 Å². The number of hydrogen-bond acceptors (Lipinski definition) is 5. The second-order valence-electron chi connectivity index (χ2n) is 6.86. The van der Waals surface area contributed by atoms with Crippen molar-refractivity contribution in [1.29, 1.82) is 0 Å². The summed E-state index contributed by atoms with van der Waals surface area (Å²) in [5.41, 5.74) is 1.77. The normalized spacial score (nSPS) is 18.5. The maximum atomic E-state index is 12.4. The molecule has 2 unspecified atom stereocenters. The molecule has 0 spiro atoms. The minimum atomic E-state index is -0.197. The summed E-state index contributed by atoms with van der Waals surface area (Å²) in [6.45, 7) is 5.75. The first kappa shape index (κ1) is 24.1. The highest BCUT2D eigenvalue weighted by Crippen LogP contribution is 2.14. The van der Waals surface area contributed by atoms with Gasteiger partial charge in [-0.3, -0.25) is 14.6 Å². The number of hydrogen-bond donors (Lipinski definition) is 3. The molecule has 2 atom stereocenters. The number of carbonyl (C=O) groups is 1. The number of carbonyl (C=O) groups excluding carboxylic acids is 1. The third kappa shape index (κ3) is 6.02. The number of piperidine rings is 1. The van der Waals surface area contributed by atoms with Crippen molar-refractivity contribution in [3.63, 3.8) is 0 Å². The van der Waals surface area contributed by atoms with E-state index in [1.54, 1.807) is 25.4 Å². The Morgan fingerprint density at radius 1 is 1.36 bits per heavy atom. The number of aromatic nitrogens is 3. The topological polar surface area (TPSA) is 99.8 Å². The minimum Gasteiger partial charge on any atom is -0.352 e. The highest BCUT2D eigenvalue weighted by atomic mass is 35.5.